The zero-order chi connectivity index (χ0) is 12.6. The third kappa shape index (κ3) is 2.65. The lowest BCUT2D eigenvalue weighted by Gasteiger charge is -2.22. The summed E-state index contributed by atoms with van der Waals surface area (Å²) in [6.07, 6.45) is -2.44. The molecule has 1 aromatic rings. The summed E-state index contributed by atoms with van der Waals surface area (Å²) in [4.78, 5) is 1.44. The minimum absolute atomic E-state index is 0.0807. The Morgan fingerprint density at radius 2 is 1.88 bits per heavy atom. The van der Waals surface area contributed by atoms with Crippen LogP contribution in [0.3, 0.4) is 0 Å². The zero-order valence-corrected chi connectivity index (χ0v) is 9.71. The van der Waals surface area contributed by atoms with E-state index in [2.05, 4.69) is 0 Å². The highest BCUT2D eigenvalue weighted by Gasteiger charge is 2.36. The zero-order valence-electron chi connectivity index (χ0n) is 9.71. The summed E-state index contributed by atoms with van der Waals surface area (Å²) >= 11 is 0. The third-order valence-electron chi connectivity index (χ3n) is 2.57. The van der Waals surface area contributed by atoms with Crippen molar-refractivity contribution < 1.29 is 17.9 Å². The number of anilines is 1. The Balaban J connectivity index is 2.44. The minimum atomic E-state index is -4.36. The average Bonchev–Trinajstić information content (AvgIpc) is 2.99. The van der Waals surface area contributed by atoms with Crippen LogP contribution >= 0.6 is 0 Å². The molecule has 0 spiro atoms. The van der Waals surface area contributed by atoms with Crippen LogP contribution in [0.5, 0.6) is 5.75 Å². The maximum absolute atomic E-state index is 12.9. The van der Waals surface area contributed by atoms with Crippen molar-refractivity contribution in [2.24, 2.45) is 0 Å². The molecule has 2 rings (SSSR count). The fraction of sp³-hybridized carbons (Fsp3) is 0.500. The third-order valence-corrected chi connectivity index (χ3v) is 2.57. The molecule has 94 valence electrons. The van der Waals surface area contributed by atoms with Crippen molar-refractivity contribution in [2.45, 2.75) is 25.1 Å². The van der Waals surface area contributed by atoms with Crippen LogP contribution in [0.2, 0.25) is 0 Å². The van der Waals surface area contributed by atoms with E-state index in [0.29, 0.717) is 5.75 Å². The second-order valence-electron chi connectivity index (χ2n) is 4.36. The van der Waals surface area contributed by atoms with Crippen LogP contribution in [0.15, 0.2) is 18.2 Å². The van der Waals surface area contributed by atoms with Gasteiger partial charge in [0.1, 0.15) is 5.75 Å². The molecule has 5 heteroatoms. The van der Waals surface area contributed by atoms with Crippen molar-refractivity contribution in [1.29, 1.82) is 0 Å². The van der Waals surface area contributed by atoms with Crippen LogP contribution < -0.4 is 9.64 Å². The molecule has 0 saturated heterocycles. The van der Waals surface area contributed by atoms with Gasteiger partial charge in [0.25, 0.3) is 0 Å². The Bertz CT molecular complexity index is 411. The number of ether oxygens (including phenoxy) is 1. The van der Waals surface area contributed by atoms with E-state index < -0.39 is 11.7 Å². The fourth-order valence-corrected chi connectivity index (χ4v) is 1.67. The summed E-state index contributed by atoms with van der Waals surface area (Å²) < 4.78 is 44.1. The van der Waals surface area contributed by atoms with Crippen molar-refractivity contribution in [3.63, 3.8) is 0 Å². The molecule has 2 nitrogen and oxygen atoms in total. The van der Waals surface area contributed by atoms with E-state index >= 15 is 0 Å². The van der Waals surface area contributed by atoms with Gasteiger partial charge in [0, 0.05) is 14.1 Å². The molecule has 0 heterocycles. The van der Waals surface area contributed by atoms with Crippen LogP contribution in [-0.2, 0) is 6.18 Å². The number of para-hydroxylation sites is 1. The molecule has 0 amide bonds. The summed E-state index contributed by atoms with van der Waals surface area (Å²) in [5.74, 6) is 0.312. The molecule has 0 N–H and O–H groups in total. The van der Waals surface area contributed by atoms with Gasteiger partial charge in [-0.1, -0.05) is 6.07 Å². The maximum atomic E-state index is 12.9. The Hall–Kier alpha value is -1.39. The lowest BCUT2D eigenvalue weighted by Crippen LogP contribution is -2.18. The minimum Gasteiger partial charge on any atom is -0.488 e. The summed E-state index contributed by atoms with van der Waals surface area (Å²) in [5, 5.41) is 0. The Kier molecular flexibility index (Phi) is 2.93. The maximum Gasteiger partial charge on any atom is 0.418 e. The molecule has 0 unspecified atom stereocenters. The van der Waals surface area contributed by atoms with Gasteiger partial charge in [0.15, 0.2) is 0 Å². The first-order valence-electron chi connectivity index (χ1n) is 5.44. The lowest BCUT2D eigenvalue weighted by atomic mass is 10.1. The summed E-state index contributed by atoms with van der Waals surface area (Å²) in [6.45, 7) is 0. The Morgan fingerprint density at radius 1 is 1.24 bits per heavy atom. The average molecular weight is 245 g/mol. The molecule has 1 saturated carbocycles. The molecule has 0 aliphatic heterocycles. The predicted octanol–water partition coefficient (Wildman–Crippen LogP) is 3.31. The van der Waals surface area contributed by atoms with E-state index in [1.165, 1.54) is 11.0 Å². The van der Waals surface area contributed by atoms with Crippen LogP contribution in [0, 0.1) is 0 Å². The molecule has 1 aliphatic rings. The molecule has 0 aromatic heterocycles. The van der Waals surface area contributed by atoms with E-state index in [4.69, 9.17) is 4.74 Å². The summed E-state index contributed by atoms with van der Waals surface area (Å²) in [6, 6.07) is 4.05. The number of halogens is 3. The first kappa shape index (κ1) is 12.1. The molecule has 1 aromatic carbocycles. The number of alkyl halides is 3. The Morgan fingerprint density at radius 3 is 2.35 bits per heavy atom. The number of nitrogens with zero attached hydrogens (tertiary/aromatic N) is 1. The molecule has 0 bridgehead atoms. The van der Waals surface area contributed by atoms with Gasteiger partial charge in [-0.25, -0.2) is 0 Å². The Labute approximate surface area is 98.0 Å². The van der Waals surface area contributed by atoms with Crippen LogP contribution in [0.25, 0.3) is 0 Å². The van der Waals surface area contributed by atoms with Gasteiger partial charge in [-0.2, -0.15) is 13.2 Å². The predicted molar refractivity (Wildman–Crippen MR) is 59.4 cm³/mol. The SMILES string of the molecule is CN(C)c1c(OC2CC2)cccc1C(F)(F)F. The van der Waals surface area contributed by atoms with Gasteiger partial charge in [-0.05, 0) is 25.0 Å². The van der Waals surface area contributed by atoms with Crippen molar-refractivity contribution in [3.8, 4) is 5.75 Å². The van der Waals surface area contributed by atoms with Crippen molar-refractivity contribution in [1.82, 2.24) is 0 Å². The molecule has 1 fully saturated rings. The number of hydrogen-bond acceptors (Lipinski definition) is 2. The normalized spacial score (nSPS) is 15.8. The largest absolute Gasteiger partial charge is 0.488 e. The van der Waals surface area contributed by atoms with Crippen LogP contribution in [0.1, 0.15) is 18.4 Å². The van der Waals surface area contributed by atoms with E-state index in [-0.39, 0.29) is 11.8 Å². The molecule has 17 heavy (non-hydrogen) atoms. The molecular formula is C12H14F3NO. The topological polar surface area (TPSA) is 12.5 Å². The van der Waals surface area contributed by atoms with Gasteiger partial charge in [0.05, 0.1) is 17.4 Å². The van der Waals surface area contributed by atoms with E-state index in [9.17, 15) is 13.2 Å². The van der Waals surface area contributed by atoms with Gasteiger partial charge < -0.3 is 9.64 Å². The summed E-state index contributed by atoms with van der Waals surface area (Å²) in [5.41, 5.74) is -0.549. The number of benzene rings is 1. The monoisotopic (exact) mass is 245 g/mol. The standard InChI is InChI=1S/C12H14F3NO/c1-16(2)11-9(12(13,14)15)4-3-5-10(11)17-8-6-7-8/h3-5,8H,6-7H2,1-2H3. The second kappa shape index (κ2) is 4.13. The highest BCUT2D eigenvalue weighted by molar-refractivity contribution is 5.64. The van der Waals surface area contributed by atoms with Crippen LogP contribution in [-0.4, -0.2) is 20.2 Å². The summed E-state index contributed by atoms with van der Waals surface area (Å²) in [7, 11) is 3.18. The first-order chi connectivity index (χ1) is 7.89. The highest BCUT2D eigenvalue weighted by atomic mass is 19.4. The second-order valence-corrected chi connectivity index (χ2v) is 4.36. The molecule has 0 radical (unpaired) electrons. The number of rotatable bonds is 3. The number of hydrogen-bond donors (Lipinski definition) is 0. The van der Waals surface area contributed by atoms with E-state index in [0.717, 1.165) is 18.9 Å². The van der Waals surface area contributed by atoms with Gasteiger partial charge >= 0.3 is 6.18 Å². The van der Waals surface area contributed by atoms with Crippen molar-refractivity contribution >= 4 is 5.69 Å². The van der Waals surface area contributed by atoms with E-state index in [1.807, 2.05) is 0 Å². The highest BCUT2D eigenvalue weighted by Crippen LogP contribution is 2.42. The quantitative estimate of drug-likeness (QED) is 0.810. The fourth-order valence-electron chi connectivity index (χ4n) is 1.67. The van der Waals surface area contributed by atoms with Crippen molar-refractivity contribution in [3.05, 3.63) is 23.8 Å². The molecular weight excluding hydrogens is 231 g/mol. The molecule has 0 atom stereocenters. The van der Waals surface area contributed by atoms with Gasteiger partial charge in [0.2, 0.25) is 0 Å². The van der Waals surface area contributed by atoms with E-state index in [1.54, 1.807) is 20.2 Å². The smallest absolute Gasteiger partial charge is 0.418 e. The van der Waals surface area contributed by atoms with Gasteiger partial charge in [-0.15, -0.1) is 0 Å². The lowest BCUT2D eigenvalue weighted by molar-refractivity contribution is -0.137. The van der Waals surface area contributed by atoms with Crippen LogP contribution in [0.4, 0.5) is 18.9 Å². The first-order valence-corrected chi connectivity index (χ1v) is 5.44. The van der Waals surface area contributed by atoms with Gasteiger partial charge in [-0.3, -0.25) is 0 Å². The molecule has 1 aliphatic carbocycles. The van der Waals surface area contributed by atoms with Crippen molar-refractivity contribution in [2.75, 3.05) is 19.0 Å².